The fourth-order valence-electron chi connectivity index (χ4n) is 2.63. The van der Waals surface area contributed by atoms with Crippen molar-refractivity contribution in [2.75, 3.05) is 11.4 Å². The number of carboxylic acid groups (broad SMARTS) is 1. The van der Waals surface area contributed by atoms with Crippen molar-refractivity contribution in [3.05, 3.63) is 30.1 Å². The summed E-state index contributed by atoms with van der Waals surface area (Å²) < 4.78 is 13.0. The van der Waals surface area contributed by atoms with Gasteiger partial charge in [-0.15, -0.1) is 0 Å². The number of hydrogen-bond acceptors (Lipinski definition) is 2. The van der Waals surface area contributed by atoms with Gasteiger partial charge < -0.3 is 10.0 Å². The predicted octanol–water partition coefficient (Wildman–Crippen LogP) is 1.12. The van der Waals surface area contributed by atoms with Crippen LogP contribution in [0, 0.1) is 23.6 Å². The van der Waals surface area contributed by atoms with Crippen LogP contribution in [0.25, 0.3) is 0 Å². The fourth-order valence-corrected chi connectivity index (χ4v) is 2.63. The van der Waals surface area contributed by atoms with Crippen LogP contribution in [-0.4, -0.2) is 23.5 Å². The molecule has 3 atom stereocenters. The highest BCUT2D eigenvalue weighted by molar-refractivity contribution is 6.04. The number of carbonyl (C=O) groups excluding carboxylic acids is 1. The maximum Gasteiger partial charge on any atom is 0.307 e. The maximum atomic E-state index is 13.0. The summed E-state index contributed by atoms with van der Waals surface area (Å²) in [5.74, 6) is -2.56. The number of aliphatic carboxylic acids is 1. The van der Waals surface area contributed by atoms with Gasteiger partial charge in [0.1, 0.15) is 5.82 Å². The van der Waals surface area contributed by atoms with E-state index in [1.165, 1.54) is 23.1 Å². The number of piperidine rings is 1. The molecule has 1 heterocycles. The molecule has 2 fully saturated rings. The number of carbonyl (C=O) groups is 2. The van der Waals surface area contributed by atoms with E-state index in [4.69, 9.17) is 5.11 Å². The first-order valence-corrected chi connectivity index (χ1v) is 5.39. The molecule has 1 aliphatic heterocycles. The Morgan fingerprint density at radius 3 is 2.76 bits per heavy atom. The van der Waals surface area contributed by atoms with Gasteiger partial charge in [0.2, 0.25) is 5.91 Å². The second-order valence-electron chi connectivity index (χ2n) is 4.48. The van der Waals surface area contributed by atoms with E-state index in [1.54, 1.807) is 6.07 Å². The Morgan fingerprint density at radius 2 is 2.24 bits per heavy atom. The quantitative estimate of drug-likeness (QED) is 0.835. The van der Waals surface area contributed by atoms with E-state index in [9.17, 15) is 14.0 Å². The van der Waals surface area contributed by atoms with Crippen LogP contribution in [-0.2, 0) is 9.59 Å². The summed E-state index contributed by atoms with van der Waals surface area (Å²) in [6.45, 7) is 0.379. The molecule has 1 aromatic carbocycles. The lowest BCUT2D eigenvalue weighted by molar-refractivity contribution is -0.140. The van der Waals surface area contributed by atoms with E-state index in [1.807, 2.05) is 0 Å². The molecular weight excluding hydrogens is 225 g/mol. The Labute approximate surface area is 96.7 Å². The Kier molecular flexibility index (Phi) is 1.98. The lowest BCUT2D eigenvalue weighted by atomic mass is 10.2. The average Bonchev–Trinajstić information content (AvgIpc) is 2.90. The SMILES string of the molecule is O=C(O)C1C2CN(c3cccc(F)c3)C(=O)C21. The standard InChI is InChI=1S/C12H10FNO3/c13-6-2-1-3-7(4-6)14-5-8-9(11(14)15)10(8)12(16)17/h1-4,8-10H,5H2,(H,16,17). The first-order chi connectivity index (χ1) is 8.09. The van der Waals surface area contributed by atoms with Gasteiger partial charge in [-0.05, 0) is 18.2 Å². The molecule has 1 saturated carbocycles. The van der Waals surface area contributed by atoms with Crippen LogP contribution in [0.1, 0.15) is 0 Å². The zero-order valence-electron chi connectivity index (χ0n) is 8.84. The molecule has 1 N–H and O–H groups in total. The Balaban J connectivity index is 1.82. The molecule has 0 radical (unpaired) electrons. The van der Waals surface area contributed by atoms with Crippen LogP contribution >= 0.6 is 0 Å². The highest BCUT2D eigenvalue weighted by Crippen LogP contribution is 2.53. The zero-order valence-corrected chi connectivity index (χ0v) is 8.84. The summed E-state index contributed by atoms with van der Waals surface area (Å²) in [6, 6.07) is 5.79. The molecule has 0 bridgehead atoms. The van der Waals surface area contributed by atoms with Gasteiger partial charge in [0.05, 0.1) is 11.8 Å². The molecule has 0 spiro atoms. The van der Waals surface area contributed by atoms with Crippen molar-refractivity contribution < 1.29 is 19.1 Å². The van der Waals surface area contributed by atoms with Gasteiger partial charge >= 0.3 is 5.97 Å². The Hall–Kier alpha value is -1.91. The normalized spacial score (nSPS) is 30.3. The van der Waals surface area contributed by atoms with Crippen LogP contribution in [0.4, 0.5) is 10.1 Å². The lowest BCUT2D eigenvalue weighted by Gasteiger charge is -2.19. The number of halogens is 1. The van der Waals surface area contributed by atoms with Crippen molar-refractivity contribution in [2.24, 2.45) is 17.8 Å². The third kappa shape index (κ3) is 1.42. The van der Waals surface area contributed by atoms with Crippen LogP contribution in [0.2, 0.25) is 0 Å². The number of fused-ring (bicyclic) bond motifs is 1. The molecule has 5 heteroatoms. The van der Waals surface area contributed by atoms with E-state index in [0.29, 0.717) is 12.2 Å². The van der Waals surface area contributed by atoms with Crippen LogP contribution < -0.4 is 4.90 Å². The molecule has 1 aromatic rings. The van der Waals surface area contributed by atoms with E-state index in [2.05, 4.69) is 0 Å². The highest BCUT2D eigenvalue weighted by atomic mass is 19.1. The van der Waals surface area contributed by atoms with Crippen molar-refractivity contribution in [2.45, 2.75) is 0 Å². The number of nitrogens with zero attached hydrogens (tertiary/aromatic N) is 1. The van der Waals surface area contributed by atoms with E-state index in [0.717, 1.165) is 0 Å². The first-order valence-electron chi connectivity index (χ1n) is 5.39. The summed E-state index contributed by atoms with van der Waals surface area (Å²) in [5, 5.41) is 8.85. The largest absolute Gasteiger partial charge is 0.481 e. The van der Waals surface area contributed by atoms with Gasteiger partial charge in [0.25, 0.3) is 0 Å². The van der Waals surface area contributed by atoms with Crippen molar-refractivity contribution in [3.63, 3.8) is 0 Å². The minimum Gasteiger partial charge on any atom is -0.481 e. The monoisotopic (exact) mass is 235 g/mol. The number of amides is 1. The molecular formula is C12H10FNO3. The first kappa shape index (κ1) is 10.3. The molecule has 88 valence electrons. The third-order valence-corrected chi connectivity index (χ3v) is 3.52. The van der Waals surface area contributed by atoms with Gasteiger partial charge in [0, 0.05) is 18.2 Å². The molecule has 0 aromatic heterocycles. The second kappa shape index (κ2) is 3.29. The van der Waals surface area contributed by atoms with Gasteiger partial charge in [-0.2, -0.15) is 0 Å². The van der Waals surface area contributed by atoms with Crippen LogP contribution in [0.5, 0.6) is 0 Å². The molecule has 4 nitrogen and oxygen atoms in total. The zero-order chi connectivity index (χ0) is 12.2. The van der Waals surface area contributed by atoms with Gasteiger partial charge in [-0.1, -0.05) is 6.07 Å². The lowest BCUT2D eigenvalue weighted by Crippen LogP contribution is -2.31. The minimum absolute atomic E-state index is 0.108. The maximum absolute atomic E-state index is 13.0. The van der Waals surface area contributed by atoms with E-state index >= 15 is 0 Å². The van der Waals surface area contributed by atoms with Crippen LogP contribution in [0.15, 0.2) is 24.3 Å². The van der Waals surface area contributed by atoms with E-state index in [-0.39, 0.29) is 11.8 Å². The van der Waals surface area contributed by atoms with Crippen molar-refractivity contribution in [3.8, 4) is 0 Å². The summed E-state index contributed by atoms with van der Waals surface area (Å²) in [7, 11) is 0. The number of benzene rings is 1. The van der Waals surface area contributed by atoms with Gasteiger partial charge in [0.15, 0.2) is 0 Å². The van der Waals surface area contributed by atoms with Crippen molar-refractivity contribution >= 4 is 17.6 Å². The molecule has 1 aliphatic carbocycles. The Morgan fingerprint density at radius 1 is 1.47 bits per heavy atom. The second-order valence-corrected chi connectivity index (χ2v) is 4.48. The topological polar surface area (TPSA) is 57.6 Å². The van der Waals surface area contributed by atoms with Gasteiger partial charge in [-0.25, -0.2) is 4.39 Å². The minimum atomic E-state index is -0.910. The van der Waals surface area contributed by atoms with Gasteiger partial charge in [-0.3, -0.25) is 9.59 Å². The molecule has 1 amide bonds. The number of anilines is 1. The Bertz CT molecular complexity index is 516. The van der Waals surface area contributed by atoms with Crippen LogP contribution in [0.3, 0.4) is 0 Å². The average molecular weight is 235 g/mol. The summed E-state index contributed by atoms with van der Waals surface area (Å²) >= 11 is 0. The fraction of sp³-hybridized carbons (Fsp3) is 0.333. The predicted molar refractivity (Wildman–Crippen MR) is 56.9 cm³/mol. The molecule has 2 aliphatic rings. The summed E-state index contributed by atoms with van der Waals surface area (Å²) in [6.07, 6.45) is 0. The highest BCUT2D eigenvalue weighted by Gasteiger charge is 2.65. The smallest absolute Gasteiger partial charge is 0.307 e. The number of rotatable bonds is 2. The molecule has 3 rings (SSSR count). The number of carboxylic acids is 1. The van der Waals surface area contributed by atoms with E-state index < -0.39 is 23.6 Å². The van der Waals surface area contributed by atoms with Crippen molar-refractivity contribution in [1.82, 2.24) is 0 Å². The summed E-state index contributed by atoms with van der Waals surface area (Å²) in [4.78, 5) is 24.2. The number of hydrogen-bond donors (Lipinski definition) is 1. The summed E-state index contributed by atoms with van der Waals surface area (Å²) in [5.41, 5.74) is 0.506. The van der Waals surface area contributed by atoms with Crippen molar-refractivity contribution in [1.29, 1.82) is 0 Å². The molecule has 1 saturated heterocycles. The molecule has 17 heavy (non-hydrogen) atoms. The molecule has 3 unspecified atom stereocenters. The third-order valence-electron chi connectivity index (χ3n) is 3.52.